The van der Waals surface area contributed by atoms with Crippen molar-refractivity contribution in [2.45, 2.75) is 64.3 Å². The van der Waals surface area contributed by atoms with Gasteiger partial charge in [0.05, 0.1) is 17.8 Å². The fourth-order valence-corrected chi connectivity index (χ4v) is 2.34. The summed E-state index contributed by atoms with van der Waals surface area (Å²) in [5.74, 6) is 0. The molecule has 0 aromatic heterocycles. The van der Waals surface area contributed by atoms with Crippen molar-refractivity contribution in [1.82, 2.24) is 0 Å². The molecule has 90 valence electrons. The van der Waals surface area contributed by atoms with E-state index >= 15 is 0 Å². The first-order valence-corrected chi connectivity index (χ1v) is 6.11. The SMILES string of the molecule is CCCC1CC(CN)(OC(C)C)CCO1. The van der Waals surface area contributed by atoms with Crippen LogP contribution in [0.15, 0.2) is 0 Å². The van der Waals surface area contributed by atoms with Crippen LogP contribution in [0.2, 0.25) is 0 Å². The normalized spacial score (nSPS) is 32.2. The summed E-state index contributed by atoms with van der Waals surface area (Å²) in [4.78, 5) is 0. The van der Waals surface area contributed by atoms with Crippen molar-refractivity contribution >= 4 is 0 Å². The zero-order valence-corrected chi connectivity index (χ0v) is 10.3. The summed E-state index contributed by atoms with van der Waals surface area (Å²) in [6, 6.07) is 0. The van der Waals surface area contributed by atoms with Gasteiger partial charge < -0.3 is 15.2 Å². The van der Waals surface area contributed by atoms with Crippen LogP contribution in [0.3, 0.4) is 0 Å². The highest BCUT2D eigenvalue weighted by molar-refractivity contribution is 4.89. The molecule has 3 nitrogen and oxygen atoms in total. The highest BCUT2D eigenvalue weighted by Crippen LogP contribution is 2.30. The minimum absolute atomic E-state index is 0.133. The van der Waals surface area contributed by atoms with Crippen LogP contribution in [0, 0.1) is 0 Å². The Kier molecular flexibility index (Phi) is 5.03. The van der Waals surface area contributed by atoms with Crippen molar-refractivity contribution < 1.29 is 9.47 Å². The Labute approximate surface area is 93.3 Å². The Morgan fingerprint density at radius 2 is 2.27 bits per heavy atom. The van der Waals surface area contributed by atoms with Gasteiger partial charge >= 0.3 is 0 Å². The minimum Gasteiger partial charge on any atom is -0.378 e. The van der Waals surface area contributed by atoms with E-state index in [1.165, 1.54) is 0 Å². The third-order valence-corrected chi connectivity index (χ3v) is 2.98. The summed E-state index contributed by atoms with van der Waals surface area (Å²) < 4.78 is 11.7. The molecule has 0 aromatic carbocycles. The average molecular weight is 215 g/mol. The highest BCUT2D eigenvalue weighted by atomic mass is 16.5. The summed E-state index contributed by atoms with van der Waals surface area (Å²) in [5, 5.41) is 0. The molecular weight excluding hydrogens is 190 g/mol. The first kappa shape index (κ1) is 12.9. The number of hydrogen-bond acceptors (Lipinski definition) is 3. The largest absolute Gasteiger partial charge is 0.378 e. The lowest BCUT2D eigenvalue weighted by Gasteiger charge is -2.41. The molecule has 2 N–H and O–H groups in total. The second kappa shape index (κ2) is 5.83. The fourth-order valence-electron chi connectivity index (χ4n) is 2.34. The summed E-state index contributed by atoms with van der Waals surface area (Å²) in [5.41, 5.74) is 5.73. The number of hydrogen-bond donors (Lipinski definition) is 1. The van der Waals surface area contributed by atoms with Gasteiger partial charge in [0.1, 0.15) is 0 Å². The quantitative estimate of drug-likeness (QED) is 0.763. The third kappa shape index (κ3) is 3.74. The van der Waals surface area contributed by atoms with Crippen LogP contribution in [0.25, 0.3) is 0 Å². The standard InChI is InChI=1S/C12H25NO2/c1-4-5-11-8-12(9-13,6-7-14-11)15-10(2)3/h10-11H,4-9,13H2,1-3H3. The van der Waals surface area contributed by atoms with Crippen molar-refractivity contribution in [3.8, 4) is 0 Å². The van der Waals surface area contributed by atoms with Gasteiger partial charge in [-0.2, -0.15) is 0 Å². The van der Waals surface area contributed by atoms with E-state index in [9.17, 15) is 0 Å². The summed E-state index contributed by atoms with van der Waals surface area (Å²) in [6.45, 7) is 7.72. The molecule has 2 unspecified atom stereocenters. The number of rotatable bonds is 5. The van der Waals surface area contributed by atoms with Gasteiger partial charge in [-0.3, -0.25) is 0 Å². The maximum atomic E-state index is 6.00. The Hall–Kier alpha value is -0.120. The van der Waals surface area contributed by atoms with Crippen molar-refractivity contribution in [2.24, 2.45) is 5.73 Å². The van der Waals surface area contributed by atoms with Crippen LogP contribution in [0.4, 0.5) is 0 Å². The molecule has 0 bridgehead atoms. The van der Waals surface area contributed by atoms with Gasteiger partial charge in [-0.25, -0.2) is 0 Å². The predicted octanol–water partition coefficient (Wildman–Crippen LogP) is 2.09. The van der Waals surface area contributed by atoms with Crippen LogP contribution < -0.4 is 5.73 Å². The molecule has 1 fully saturated rings. The molecule has 0 amide bonds. The van der Waals surface area contributed by atoms with Crippen molar-refractivity contribution in [3.05, 3.63) is 0 Å². The molecule has 1 rings (SSSR count). The monoisotopic (exact) mass is 215 g/mol. The lowest BCUT2D eigenvalue weighted by atomic mass is 9.88. The van der Waals surface area contributed by atoms with E-state index in [1.807, 2.05) is 0 Å². The van der Waals surface area contributed by atoms with Gasteiger partial charge in [0.25, 0.3) is 0 Å². The number of ether oxygens (including phenoxy) is 2. The van der Waals surface area contributed by atoms with Crippen molar-refractivity contribution in [2.75, 3.05) is 13.2 Å². The number of nitrogens with two attached hydrogens (primary N) is 1. The first-order chi connectivity index (χ1) is 7.12. The van der Waals surface area contributed by atoms with Crippen LogP contribution >= 0.6 is 0 Å². The summed E-state index contributed by atoms with van der Waals surface area (Å²) in [7, 11) is 0. The third-order valence-electron chi connectivity index (χ3n) is 2.98. The van der Waals surface area contributed by atoms with Crippen LogP contribution in [0.5, 0.6) is 0 Å². The van der Waals surface area contributed by atoms with Gasteiger partial charge in [-0.1, -0.05) is 13.3 Å². The maximum absolute atomic E-state index is 6.00. The lowest BCUT2D eigenvalue weighted by Crippen LogP contribution is -2.49. The Morgan fingerprint density at radius 3 is 2.80 bits per heavy atom. The molecule has 1 heterocycles. The van der Waals surface area contributed by atoms with E-state index in [1.54, 1.807) is 0 Å². The van der Waals surface area contributed by atoms with Gasteiger partial charge in [0.15, 0.2) is 0 Å². The molecule has 2 atom stereocenters. The summed E-state index contributed by atoms with van der Waals surface area (Å²) in [6.07, 6.45) is 4.74. The van der Waals surface area contributed by atoms with Gasteiger partial charge in [0.2, 0.25) is 0 Å². The van der Waals surface area contributed by atoms with E-state index < -0.39 is 0 Å². The smallest absolute Gasteiger partial charge is 0.0854 e. The van der Waals surface area contributed by atoms with Crippen LogP contribution in [-0.2, 0) is 9.47 Å². The molecule has 15 heavy (non-hydrogen) atoms. The van der Waals surface area contributed by atoms with Gasteiger partial charge in [-0.05, 0) is 20.3 Å². The average Bonchev–Trinajstić information content (AvgIpc) is 2.18. The van der Waals surface area contributed by atoms with E-state index in [0.29, 0.717) is 12.6 Å². The Morgan fingerprint density at radius 1 is 1.53 bits per heavy atom. The molecule has 0 saturated carbocycles. The topological polar surface area (TPSA) is 44.5 Å². The molecular formula is C12H25NO2. The molecule has 1 saturated heterocycles. The fraction of sp³-hybridized carbons (Fsp3) is 1.00. The minimum atomic E-state index is -0.133. The Bertz CT molecular complexity index is 182. The van der Waals surface area contributed by atoms with Crippen molar-refractivity contribution in [1.29, 1.82) is 0 Å². The molecule has 0 spiro atoms. The highest BCUT2D eigenvalue weighted by Gasteiger charge is 2.37. The summed E-state index contributed by atoms with van der Waals surface area (Å²) >= 11 is 0. The zero-order valence-electron chi connectivity index (χ0n) is 10.3. The zero-order chi connectivity index (χ0) is 11.3. The maximum Gasteiger partial charge on any atom is 0.0854 e. The van der Waals surface area contributed by atoms with E-state index in [2.05, 4.69) is 20.8 Å². The van der Waals surface area contributed by atoms with Gasteiger partial charge in [0, 0.05) is 26.0 Å². The molecule has 3 heteroatoms. The molecule has 0 aromatic rings. The lowest BCUT2D eigenvalue weighted by molar-refractivity contribution is -0.152. The first-order valence-electron chi connectivity index (χ1n) is 6.11. The molecule has 0 radical (unpaired) electrons. The predicted molar refractivity (Wildman–Crippen MR) is 61.9 cm³/mol. The van der Waals surface area contributed by atoms with E-state index in [4.69, 9.17) is 15.2 Å². The van der Waals surface area contributed by atoms with Crippen LogP contribution in [0.1, 0.15) is 46.5 Å². The van der Waals surface area contributed by atoms with E-state index in [-0.39, 0.29) is 11.7 Å². The van der Waals surface area contributed by atoms with Gasteiger partial charge in [-0.15, -0.1) is 0 Å². The van der Waals surface area contributed by atoms with E-state index in [0.717, 1.165) is 32.3 Å². The molecule has 1 aliphatic heterocycles. The molecule has 0 aliphatic carbocycles. The molecule has 1 aliphatic rings. The Balaban J connectivity index is 2.55. The second-order valence-electron chi connectivity index (χ2n) is 4.79. The second-order valence-corrected chi connectivity index (χ2v) is 4.79. The van der Waals surface area contributed by atoms with Crippen LogP contribution in [-0.4, -0.2) is 31.0 Å². The van der Waals surface area contributed by atoms with Crippen molar-refractivity contribution in [3.63, 3.8) is 0 Å².